The van der Waals surface area contributed by atoms with E-state index < -0.39 is 0 Å². The molecular weight excluding hydrogens is 239 g/mol. The molecule has 0 aliphatic carbocycles. The summed E-state index contributed by atoms with van der Waals surface area (Å²) < 4.78 is 0. The predicted octanol–water partition coefficient (Wildman–Crippen LogP) is -3.05. The van der Waals surface area contributed by atoms with Crippen LogP contribution in [0.2, 0.25) is 0 Å². The monoisotopic (exact) mass is 253 g/mol. The van der Waals surface area contributed by atoms with Crippen LogP contribution in [0.1, 0.15) is 27.8 Å². The van der Waals surface area contributed by atoms with Crippen molar-refractivity contribution in [2.75, 3.05) is 0 Å². The van der Waals surface area contributed by atoms with Gasteiger partial charge in [0.25, 0.3) is 0 Å². The van der Waals surface area contributed by atoms with Crippen LogP contribution in [0, 0.1) is 34.6 Å². The molecule has 0 N–H and O–H groups in total. The van der Waals surface area contributed by atoms with Gasteiger partial charge in [0.05, 0.1) is 0 Å². The smallest absolute Gasteiger partial charge is 1.00 e. The molecule has 0 unspecified atom stereocenters. The maximum absolute atomic E-state index is 2.20. The Labute approximate surface area is 109 Å². The van der Waals surface area contributed by atoms with Gasteiger partial charge in [0.1, 0.15) is 0 Å². The van der Waals surface area contributed by atoms with Gasteiger partial charge in [-0.05, 0) is 0 Å². The molecule has 0 atom stereocenters. The van der Waals surface area contributed by atoms with Crippen molar-refractivity contribution in [1.82, 2.24) is 0 Å². The van der Waals surface area contributed by atoms with Crippen molar-refractivity contribution >= 4 is 0 Å². The Bertz CT molecular complexity index is 184. The average Bonchev–Trinajstić information content (AvgIpc) is 2.07. The van der Waals surface area contributed by atoms with E-state index in [2.05, 4.69) is 34.6 Å². The number of hydrogen-bond donors (Lipinski definition) is 0. The molecular formula is C10H15Cl2Ti. The molecule has 1 aromatic rings. The topological polar surface area (TPSA) is 0 Å². The fraction of sp³-hybridized carbons (Fsp3) is 0.500. The molecule has 0 nitrogen and oxygen atoms in total. The van der Waals surface area contributed by atoms with E-state index in [-0.39, 0.29) is 46.5 Å². The Morgan fingerprint density at radius 3 is 1.08 bits per heavy atom. The Balaban J connectivity index is -0.000000333. The second kappa shape index (κ2) is 7.01. The normalized spacial score (nSPS) is 8.08. The zero-order chi connectivity index (χ0) is 7.89. The van der Waals surface area contributed by atoms with Crippen LogP contribution in [-0.4, -0.2) is 0 Å². The zero-order valence-electron chi connectivity index (χ0n) is 8.76. The summed E-state index contributed by atoms with van der Waals surface area (Å²) in [5.74, 6) is 0. The van der Waals surface area contributed by atoms with Crippen molar-refractivity contribution in [3.05, 3.63) is 27.8 Å². The molecule has 0 fully saturated rings. The fourth-order valence-electron chi connectivity index (χ4n) is 1.41. The minimum absolute atomic E-state index is 0. The van der Waals surface area contributed by atoms with E-state index in [9.17, 15) is 0 Å². The Kier molecular flexibility index (Phi) is 10.4. The van der Waals surface area contributed by atoms with Crippen LogP contribution in [0.15, 0.2) is 0 Å². The van der Waals surface area contributed by atoms with E-state index in [1.165, 1.54) is 27.8 Å². The van der Waals surface area contributed by atoms with Crippen molar-refractivity contribution in [1.29, 1.82) is 0 Å². The van der Waals surface area contributed by atoms with E-state index in [1.54, 1.807) is 0 Å². The first-order valence-corrected chi connectivity index (χ1v) is 3.75. The van der Waals surface area contributed by atoms with Crippen molar-refractivity contribution in [3.63, 3.8) is 0 Å². The molecule has 1 aromatic carbocycles. The average molecular weight is 254 g/mol. The number of halogens is 2. The number of rotatable bonds is 0. The molecule has 0 saturated carbocycles. The minimum Gasteiger partial charge on any atom is -1.00 e. The third-order valence-electron chi connectivity index (χ3n) is 2.81. The third kappa shape index (κ3) is 3.36. The Morgan fingerprint density at radius 1 is 0.769 bits per heavy atom. The van der Waals surface area contributed by atoms with Crippen LogP contribution in [0.5, 0.6) is 0 Å². The largest absolute Gasteiger partial charge is 3.00 e. The van der Waals surface area contributed by atoms with Crippen LogP contribution in [0.4, 0.5) is 0 Å². The van der Waals surface area contributed by atoms with Crippen LogP contribution >= 0.6 is 0 Å². The molecule has 73 valence electrons. The van der Waals surface area contributed by atoms with Gasteiger partial charge in [0.15, 0.2) is 0 Å². The molecule has 0 heterocycles. The van der Waals surface area contributed by atoms with Gasteiger partial charge in [-0.2, -0.15) is 27.8 Å². The zero-order valence-corrected chi connectivity index (χ0v) is 11.8. The molecule has 0 bridgehead atoms. The SMILES string of the molecule is Cc1c(C)c(C)[c-](C)c1C.[Cl-].[Cl-].[Ti+3]. The standard InChI is InChI=1S/C10H15.2ClH.Ti/c1-6-7(2)9(4)10(5)8(6)3;;;/h1-5H3;2*1H;/q-1;;;+3/p-2. The molecule has 0 amide bonds. The Morgan fingerprint density at radius 2 is 1.00 bits per heavy atom. The molecule has 0 aliphatic rings. The summed E-state index contributed by atoms with van der Waals surface area (Å²) in [6, 6.07) is 0. The first-order chi connectivity index (χ1) is 4.55. The summed E-state index contributed by atoms with van der Waals surface area (Å²) in [4.78, 5) is 0. The minimum atomic E-state index is 0. The van der Waals surface area contributed by atoms with Crippen LogP contribution < -0.4 is 24.8 Å². The summed E-state index contributed by atoms with van der Waals surface area (Å²) in [5, 5.41) is 0. The third-order valence-corrected chi connectivity index (χ3v) is 2.81. The molecule has 0 saturated heterocycles. The second-order valence-corrected chi connectivity index (χ2v) is 3.12. The summed E-state index contributed by atoms with van der Waals surface area (Å²) in [5.41, 5.74) is 7.34. The van der Waals surface area contributed by atoms with Gasteiger partial charge in [-0.25, -0.2) is 0 Å². The van der Waals surface area contributed by atoms with Crippen molar-refractivity contribution in [2.45, 2.75) is 34.6 Å². The van der Waals surface area contributed by atoms with Gasteiger partial charge >= 0.3 is 21.7 Å². The van der Waals surface area contributed by atoms with Crippen molar-refractivity contribution in [2.24, 2.45) is 0 Å². The summed E-state index contributed by atoms with van der Waals surface area (Å²) in [6.07, 6.45) is 0. The van der Waals surface area contributed by atoms with Crippen molar-refractivity contribution < 1.29 is 46.5 Å². The fourth-order valence-corrected chi connectivity index (χ4v) is 1.41. The molecule has 0 aromatic heterocycles. The Hall–Kier alpha value is 0.644. The van der Waals surface area contributed by atoms with Gasteiger partial charge in [0.2, 0.25) is 0 Å². The molecule has 0 aliphatic heterocycles. The van der Waals surface area contributed by atoms with Gasteiger partial charge in [-0.3, -0.25) is 0 Å². The quantitative estimate of drug-likeness (QED) is 0.341. The summed E-state index contributed by atoms with van der Waals surface area (Å²) in [7, 11) is 0. The van der Waals surface area contributed by atoms with E-state index in [0.717, 1.165) is 0 Å². The van der Waals surface area contributed by atoms with E-state index in [4.69, 9.17) is 0 Å². The van der Waals surface area contributed by atoms with Crippen molar-refractivity contribution in [3.8, 4) is 0 Å². The second-order valence-electron chi connectivity index (χ2n) is 3.12. The van der Waals surface area contributed by atoms with Gasteiger partial charge in [-0.15, -0.1) is 0 Å². The van der Waals surface area contributed by atoms with Crippen LogP contribution in [0.25, 0.3) is 0 Å². The maximum Gasteiger partial charge on any atom is 3.00 e. The molecule has 0 spiro atoms. The van der Waals surface area contributed by atoms with Gasteiger partial charge < -0.3 is 24.8 Å². The molecule has 13 heavy (non-hydrogen) atoms. The molecule has 3 heteroatoms. The summed E-state index contributed by atoms with van der Waals surface area (Å²) in [6.45, 7) is 11.0. The first kappa shape index (κ1) is 19.3. The predicted molar refractivity (Wildman–Crippen MR) is 45.7 cm³/mol. The van der Waals surface area contributed by atoms with E-state index in [1.807, 2.05) is 0 Å². The summed E-state index contributed by atoms with van der Waals surface area (Å²) >= 11 is 0. The van der Waals surface area contributed by atoms with E-state index >= 15 is 0 Å². The maximum atomic E-state index is 2.20. The first-order valence-electron chi connectivity index (χ1n) is 3.75. The number of hydrogen-bond acceptors (Lipinski definition) is 0. The van der Waals surface area contributed by atoms with Crippen LogP contribution in [0.3, 0.4) is 0 Å². The molecule has 1 rings (SSSR count). The van der Waals surface area contributed by atoms with Gasteiger partial charge in [0, 0.05) is 0 Å². The van der Waals surface area contributed by atoms with E-state index in [0.29, 0.717) is 0 Å². The van der Waals surface area contributed by atoms with Crippen LogP contribution in [-0.2, 0) is 21.7 Å². The van der Waals surface area contributed by atoms with Gasteiger partial charge in [-0.1, -0.05) is 34.6 Å². The molecule has 1 radical (unpaired) electrons.